The summed E-state index contributed by atoms with van der Waals surface area (Å²) >= 11 is -2.31. The van der Waals surface area contributed by atoms with Crippen molar-refractivity contribution in [2.45, 2.75) is 14.8 Å². The van der Waals surface area contributed by atoms with Gasteiger partial charge >= 0.3 is 133 Å². The zero-order chi connectivity index (χ0) is 15.7. The van der Waals surface area contributed by atoms with E-state index in [0.717, 1.165) is 11.0 Å². The molecule has 2 heterocycles. The van der Waals surface area contributed by atoms with Crippen molar-refractivity contribution in [2.75, 3.05) is 0 Å². The Labute approximate surface area is 133 Å². The molecule has 0 radical (unpaired) electrons. The monoisotopic (exact) mass is 400 g/mol. The number of furan rings is 1. The average molecular weight is 399 g/mol. The molecule has 110 valence electrons. The van der Waals surface area contributed by atoms with Gasteiger partial charge in [-0.25, -0.2) is 0 Å². The summed E-state index contributed by atoms with van der Waals surface area (Å²) in [7, 11) is 0. The van der Waals surface area contributed by atoms with E-state index < -0.39 is 18.4 Å². The van der Waals surface area contributed by atoms with Gasteiger partial charge in [-0.05, 0) is 0 Å². The van der Waals surface area contributed by atoms with Crippen LogP contribution in [-0.4, -0.2) is 23.4 Å². The molecule has 3 aromatic rings. The van der Waals surface area contributed by atoms with Gasteiger partial charge in [0.05, 0.1) is 0 Å². The summed E-state index contributed by atoms with van der Waals surface area (Å²) in [4.78, 5) is 11.1. The van der Waals surface area contributed by atoms with Gasteiger partial charge in [-0.2, -0.15) is 0 Å². The summed E-state index contributed by atoms with van der Waals surface area (Å²) in [5.74, 6) is 1.11. The second kappa shape index (κ2) is 5.65. The maximum atomic E-state index is 9.41. The van der Waals surface area contributed by atoms with Crippen LogP contribution < -0.4 is 8.32 Å². The van der Waals surface area contributed by atoms with Gasteiger partial charge in [0.2, 0.25) is 0 Å². The number of aromatic nitrogens is 1. The van der Waals surface area contributed by atoms with E-state index in [-0.39, 0.29) is 0 Å². The molecule has 5 heteroatoms. The second-order valence-electron chi connectivity index (χ2n) is 6.12. The van der Waals surface area contributed by atoms with Crippen LogP contribution in [0.3, 0.4) is 0 Å². The summed E-state index contributed by atoms with van der Waals surface area (Å²) in [5, 5.41) is 10.2. The predicted octanol–water partition coefficient (Wildman–Crippen LogP) is 4.04. The molecule has 0 atom stereocenters. The Morgan fingerprint density at radius 1 is 1.18 bits per heavy atom. The average Bonchev–Trinajstić information content (AvgIpc) is 2.95. The maximum absolute atomic E-state index is 9.41. The molecule has 0 spiro atoms. The van der Waals surface area contributed by atoms with Gasteiger partial charge in [0, 0.05) is 0 Å². The van der Waals surface area contributed by atoms with Crippen LogP contribution in [0.5, 0.6) is 11.6 Å². The van der Waals surface area contributed by atoms with E-state index in [1.165, 1.54) is 3.58 Å². The fourth-order valence-electron chi connectivity index (χ4n) is 2.40. The molecule has 0 unspecified atom stereocenters. The molecule has 2 aromatic heterocycles. The third-order valence-electron chi connectivity index (χ3n) is 3.48. The molecular weight excluding hydrogens is 383 g/mol. The summed E-state index contributed by atoms with van der Waals surface area (Å²) < 4.78 is 12.4. The SMILES string of the molecule is [CH3][Sn]([CH3])([CH3])[c]1ccc(Oc2nccc3occc23)cc1C#N. The topological polar surface area (TPSA) is 59.1 Å². The first-order valence-corrected chi connectivity index (χ1v) is 17.0. The number of hydrogen-bond acceptors (Lipinski definition) is 4. The quantitative estimate of drug-likeness (QED) is 0.624. The Morgan fingerprint density at radius 2 is 2.00 bits per heavy atom. The van der Waals surface area contributed by atoms with Gasteiger partial charge in [-0.15, -0.1) is 0 Å². The number of rotatable bonds is 3. The van der Waals surface area contributed by atoms with Crippen LogP contribution >= 0.6 is 0 Å². The molecule has 0 aliphatic heterocycles. The van der Waals surface area contributed by atoms with E-state index in [4.69, 9.17) is 9.15 Å². The molecule has 3 rings (SSSR count). The molecule has 0 fully saturated rings. The molecule has 22 heavy (non-hydrogen) atoms. The molecule has 0 bridgehead atoms. The Balaban J connectivity index is 2.00. The van der Waals surface area contributed by atoms with Crippen LogP contribution in [-0.2, 0) is 0 Å². The van der Waals surface area contributed by atoms with Crippen molar-refractivity contribution in [1.82, 2.24) is 4.98 Å². The first-order chi connectivity index (χ1) is 10.5. The first-order valence-electron chi connectivity index (χ1n) is 7.04. The van der Waals surface area contributed by atoms with Gasteiger partial charge in [-0.1, -0.05) is 0 Å². The van der Waals surface area contributed by atoms with E-state index in [0.29, 0.717) is 17.2 Å². The van der Waals surface area contributed by atoms with Crippen molar-refractivity contribution >= 4 is 32.9 Å². The molecule has 0 saturated carbocycles. The van der Waals surface area contributed by atoms with E-state index in [1.54, 1.807) is 24.6 Å². The number of ether oxygens (including phenoxy) is 1. The molecular formula is C17H16N2O2Sn. The fraction of sp³-hybridized carbons (Fsp3) is 0.176. The van der Waals surface area contributed by atoms with Crippen molar-refractivity contribution in [2.24, 2.45) is 0 Å². The minimum absolute atomic E-state index is 0.488. The third-order valence-corrected chi connectivity index (χ3v) is 9.33. The van der Waals surface area contributed by atoms with Crippen LogP contribution in [0.25, 0.3) is 11.0 Å². The van der Waals surface area contributed by atoms with E-state index in [2.05, 4.69) is 25.9 Å². The molecule has 1 aromatic carbocycles. The van der Waals surface area contributed by atoms with Crippen LogP contribution in [0.4, 0.5) is 0 Å². The van der Waals surface area contributed by atoms with Crippen LogP contribution in [0, 0.1) is 11.3 Å². The summed E-state index contributed by atoms with van der Waals surface area (Å²) in [6.07, 6.45) is 3.25. The molecule has 4 nitrogen and oxygen atoms in total. The normalized spacial score (nSPS) is 11.4. The van der Waals surface area contributed by atoms with Gasteiger partial charge in [-0.3, -0.25) is 0 Å². The Hall–Kier alpha value is -2.00. The molecule has 0 saturated heterocycles. The van der Waals surface area contributed by atoms with E-state index in [1.807, 2.05) is 18.2 Å². The summed E-state index contributed by atoms with van der Waals surface area (Å²) in [6, 6.07) is 11.7. The number of fused-ring (bicyclic) bond motifs is 1. The minimum atomic E-state index is -2.31. The van der Waals surface area contributed by atoms with E-state index in [9.17, 15) is 5.26 Å². The molecule has 0 aliphatic rings. The van der Waals surface area contributed by atoms with Crippen LogP contribution in [0.1, 0.15) is 5.56 Å². The van der Waals surface area contributed by atoms with Crippen LogP contribution in [0.2, 0.25) is 14.8 Å². The number of pyridine rings is 1. The fourth-order valence-corrected chi connectivity index (χ4v) is 6.73. The van der Waals surface area contributed by atoms with Crippen molar-refractivity contribution in [3.8, 4) is 17.7 Å². The van der Waals surface area contributed by atoms with Gasteiger partial charge in [0.15, 0.2) is 0 Å². The number of nitrogens with zero attached hydrogens (tertiary/aromatic N) is 2. The first kappa shape index (κ1) is 14.9. The van der Waals surface area contributed by atoms with Crippen molar-refractivity contribution in [3.63, 3.8) is 0 Å². The third kappa shape index (κ3) is 2.81. The standard InChI is InChI=1S/C14H7N2O2.3CH3.Sn/c15-9-10-2-1-3-11(8-10)18-14-12-5-7-17-13(12)4-6-16-14;;;;/h1,3-8H;3*1H3;. The van der Waals surface area contributed by atoms with Gasteiger partial charge in [0.1, 0.15) is 0 Å². The predicted molar refractivity (Wildman–Crippen MR) is 88.2 cm³/mol. The second-order valence-corrected chi connectivity index (χ2v) is 20.5. The zero-order valence-corrected chi connectivity index (χ0v) is 15.6. The summed E-state index contributed by atoms with van der Waals surface area (Å²) in [5.41, 5.74) is 1.44. The van der Waals surface area contributed by atoms with Crippen LogP contribution in [0.15, 0.2) is 47.2 Å². The van der Waals surface area contributed by atoms with Crippen molar-refractivity contribution < 1.29 is 9.15 Å². The van der Waals surface area contributed by atoms with Gasteiger partial charge in [0.25, 0.3) is 0 Å². The van der Waals surface area contributed by atoms with Crippen molar-refractivity contribution in [1.29, 1.82) is 5.26 Å². The Bertz CT molecular complexity index is 872. The van der Waals surface area contributed by atoms with Crippen molar-refractivity contribution in [3.05, 3.63) is 48.4 Å². The van der Waals surface area contributed by atoms with E-state index >= 15 is 0 Å². The molecule has 0 aliphatic carbocycles. The summed E-state index contributed by atoms with van der Waals surface area (Å²) in [6.45, 7) is 0. The number of benzene rings is 1. The van der Waals surface area contributed by atoms with Gasteiger partial charge < -0.3 is 0 Å². The number of hydrogen-bond donors (Lipinski definition) is 0. The molecule has 0 N–H and O–H groups in total. The number of nitriles is 1. The Morgan fingerprint density at radius 3 is 2.73 bits per heavy atom. The molecule has 0 amide bonds. The Kier molecular flexibility index (Phi) is 3.83. The zero-order valence-electron chi connectivity index (χ0n) is 12.8.